The summed E-state index contributed by atoms with van der Waals surface area (Å²) in [4.78, 5) is 0. The molecule has 0 heterocycles. The molecule has 0 fully saturated rings. The van der Waals surface area contributed by atoms with E-state index in [9.17, 15) is 4.39 Å². The Morgan fingerprint density at radius 2 is 1.95 bits per heavy atom. The van der Waals surface area contributed by atoms with Crippen LogP contribution >= 0.6 is 27.5 Å². The number of nitrogens with one attached hydrogen (secondary N) is 1. The summed E-state index contributed by atoms with van der Waals surface area (Å²) in [5.74, 6) is 0.430. The van der Waals surface area contributed by atoms with Crippen molar-refractivity contribution in [2.24, 2.45) is 0 Å². The molecule has 0 radical (unpaired) electrons. The Hall–Kier alpha value is -1.10. The lowest BCUT2D eigenvalue weighted by Gasteiger charge is -2.22. The van der Waals surface area contributed by atoms with E-state index in [-0.39, 0.29) is 11.9 Å². The van der Waals surface area contributed by atoms with Crippen molar-refractivity contribution in [1.29, 1.82) is 0 Å². The lowest BCUT2D eigenvalue weighted by molar-refractivity contribution is 0.414. The third kappa shape index (κ3) is 3.76. The Balaban J connectivity index is 2.48. The highest BCUT2D eigenvalue weighted by Crippen LogP contribution is 2.34. The minimum absolute atomic E-state index is 0.122. The maximum atomic E-state index is 13.2. The molecule has 0 aliphatic rings. The number of halogens is 3. The summed E-state index contributed by atoms with van der Waals surface area (Å²) in [5, 5.41) is 3.78. The van der Waals surface area contributed by atoms with Crippen LogP contribution in [0.1, 0.15) is 24.1 Å². The Bertz CT molecular complexity index is 636. The first-order valence-corrected chi connectivity index (χ1v) is 7.75. The van der Waals surface area contributed by atoms with Gasteiger partial charge in [-0.1, -0.05) is 46.6 Å². The standard InChI is InChI=1S/C16H16BrClFNO/c1-3-20-16(13-6-4-10(19)8-15(13)18)12-7-5-11(21-2)9-14(12)17/h4-9,16,20H,3H2,1-2H3. The van der Waals surface area contributed by atoms with Gasteiger partial charge in [-0.2, -0.15) is 0 Å². The Kier molecular flexibility index (Phi) is 5.62. The van der Waals surface area contributed by atoms with Gasteiger partial charge in [0.15, 0.2) is 0 Å². The molecule has 1 unspecified atom stereocenters. The van der Waals surface area contributed by atoms with Gasteiger partial charge in [-0.3, -0.25) is 0 Å². The van der Waals surface area contributed by atoms with Gasteiger partial charge in [0.1, 0.15) is 11.6 Å². The third-order valence-corrected chi connectivity index (χ3v) is 4.21. The fraction of sp³-hybridized carbons (Fsp3) is 0.250. The first-order chi connectivity index (χ1) is 10.1. The van der Waals surface area contributed by atoms with Gasteiger partial charge in [0.2, 0.25) is 0 Å². The molecule has 0 saturated carbocycles. The SMILES string of the molecule is CCNC(c1ccc(F)cc1Cl)c1ccc(OC)cc1Br. The van der Waals surface area contributed by atoms with Crippen LogP contribution in [0, 0.1) is 5.82 Å². The van der Waals surface area contributed by atoms with Crippen LogP contribution in [0.15, 0.2) is 40.9 Å². The average Bonchev–Trinajstić information content (AvgIpc) is 2.46. The van der Waals surface area contributed by atoms with E-state index in [1.807, 2.05) is 25.1 Å². The minimum atomic E-state index is -0.340. The molecule has 2 aromatic rings. The second kappa shape index (κ2) is 7.25. The van der Waals surface area contributed by atoms with Gasteiger partial charge in [-0.25, -0.2) is 4.39 Å². The second-order valence-electron chi connectivity index (χ2n) is 4.54. The largest absolute Gasteiger partial charge is 0.497 e. The molecule has 0 saturated heterocycles. The van der Waals surface area contributed by atoms with Crippen molar-refractivity contribution < 1.29 is 9.13 Å². The topological polar surface area (TPSA) is 21.3 Å². The molecule has 0 aliphatic carbocycles. The van der Waals surface area contributed by atoms with E-state index in [0.717, 1.165) is 27.9 Å². The number of rotatable bonds is 5. The summed E-state index contributed by atoms with van der Waals surface area (Å²) in [7, 11) is 1.63. The van der Waals surface area contributed by atoms with Gasteiger partial charge in [0.05, 0.1) is 13.2 Å². The molecule has 2 nitrogen and oxygen atoms in total. The summed E-state index contributed by atoms with van der Waals surface area (Å²) in [6.07, 6.45) is 0. The van der Waals surface area contributed by atoms with Crippen LogP contribution in [-0.2, 0) is 0 Å². The molecule has 0 amide bonds. The Morgan fingerprint density at radius 1 is 1.24 bits per heavy atom. The van der Waals surface area contributed by atoms with Crippen molar-refractivity contribution in [1.82, 2.24) is 5.32 Å². The molecule has 0 spiro atoms. The zero-order valence-corrected chi connectivity index (χ0v) is 14.1. The first kappa shape index (κ1) is 16.3. The molecule has 2 rings (SSSR count). The van der Waals surface area contributed by atoms with Gasteiger partial charge in [-0.15, -0.1) is 0 Å². The van der Waals surface area contributed by atoms with Crippen molar-refractivity contribution in [3.05, 3.63) is 62.8 Å². The molecule has 0 bridgehead atoms. The molecule has 0 aromatic heterocycles. The molecule has 112 valence electrons. The van der Waals surface area contributed by atoms with E-state index in [0.29, 0.717) is 5.02 Å². The summed E-state index contributed by atoms with van der Waals surface area (Å²) < 4.78 is 19.4. The van der Waals surface area contributed by atoms with Crippen LogP contribution in [-0.4, -0.2) is 13.7 Å². The molecule has 1 atom stereocenters. The van der Waals surface area contributed by atoms with Gasteiger partial charge < -0.3 is 10.1 Å². The van der Waals surface area contributed by atoms with Crippen molar-refractivity contribution in [2.75, 3.05) is 13.7 Å². The molecule has 5 heteroatoms. The monoisotopic (exact) mass is 371 g/mol. The molecular formula is C16H16BrClFNO. The van der Waals surface area contributed by atoms with Gasteiger partial charge >= 0.3 is 0 Å². The van der Waals surface area contributed by atoms with Crippen molar-refractivity contribution in [3.63, 3.8) is 0 Å². The number of methoxy groups -OCH3 is 1. The maximum Gasteiger partial charge on any atom is 0.124 e. The molecule has 1 N–H and O–H groups in total. The van der Waals surface area contributed by atoms with E-state index in [4.69, 9.17) is 16.3 Å². The van der Waals surface area contributed by atoms with Crippen LogP contribution in [0.4, 0.5) is 4.39 Å². The number of benzene rings is 2. The van der Waals surface area contributed by atoms with Crippen LogP contribution in [0.5, 0.6) is 5.75 Å². The van der Waals surface area contributed by atoms with E-state index in [2.05, 4.69) is 21.2 Å². The van der Waals surface area contributed by atoms with Crippen LogP contribution < -0.4 is 10.1 Å². The van der Waals surface area contributed by atoms with E-state index >= 15 is 0 Å². The fourth-order valence-corrected chi connectivity index (χ4v) is 3.06. The highest BCUT2D eigenvalue weighted by atomic mass is 79.9. The van der Waals surface area contributed by atoms with E-state index in [1.165, 1.54) is 12.1 Å². The zero-order chi connectivity index (χ0) is 15.4. The zero-order valence-electron chi connectivity index (χ0n) is 11.8. The molecule has 21 heavy (non-hydrogen) atoms. The Morgan fingerprint density at radius 3 is 2.52 bits per heavy atom. The second-order valence-corrected chi connectivity index (χ2v) is 5.81. The number of hydrogen-bond acceptors (Lipinski definition) is 2. The van der Waals surface area contributed by atoms with Crippen LogP contribution in [0.3, 0.4) is 0 Å². The van der Waals surface area contributed by atoms with E-state index < -0.39 is 0 Å². The van der Waals surface area contributed by atoms with E-state index in [1.54, 1.807) is 13.2 Å². The predicted molar refractivity (Wildman–Crippen MR) is 87.6 cm³/mol. The average molecular weight is 373 g/mol. The molecule has 0 aliphatic heterocycles. The minimum Gasteiger partial charge on any atom is -0.497 e. The first-order valence-electron chi connectivity index (χ1n) is 6.58. The third-order valence-electron chi connectivity index (χ3n) is 3.20. The lowest BCUT2D eigenvalue weighted by Crippen LogP contribution is -2.22. The van der Waals surface area contributed by atoms with Crippen molar-refractivity contribution in [2.45, 2.75) is 13.0 Å². The van der Waals surface area contributed by atoms with Crippen LogP contribution in [0.25, 0.3) is 0 Å². The maximum absolute atomic E-state index is 13.2. The molecule has 2 aromatic carbocycles. The number of hydrogen-bond donors (Lipinski definition) is 1. The summed E-state index contributed by atoms with van der Waals surface area (Å²) in [6, 6.07) is 10.1. The van der Waals surface area contributed by atoms with Crippen molar-refractivity contribution >= 4 is 27.5 Å². The van der Waals surface area contributed by atoms with Crippen molar-refractivity contribution in [3.8, 4) is 5.75 Å². The highest BCUT2D eigenvalue weighted by molar-refractivity contribution is 9.10. The summed E-state index contributed by atoms with van der Waals surface area (Å²) >= 11 is 9.76. The predicted octanol–water partition coefficient (Wildman–Crippen LogP) is 4.95. The lowest BCUT2D eigenvalue weighted by atomic mass is 9.98. The summed E-state index contributed by atoms with van der Waals surface area (Å²) in [6.45, 7) is 2.78. The highest BCUT2D eigenvalue weighted by Gasteiger charge is 2.19. The fourth-order valence-electron chi connectivity index (χ4n) is 2.20. The summed E-state index contributed by atoms with van der Waals surface area (Å²) in [5.41, 5.74) is 1.86. The van der Waals surface area contributed by atoms with Gasteiger partial charge in [-0.05, 0) is 41.9 Å². The smallest absolute Gasteiger partial charge is 0.124 e. The number of ether oxygens (including phenoxy) is 1. The normalized spacial score (nSPS) is 12.2. The van der Waals surface area contributed by atoms with Crippen LogP contribution in [0.2, 0.25) is 5.02 Å². The van der Waals surface area contributed by atoms with Gasteiger partial charge in [0, 0.05) is 9.50 Å². The quantitative estimate of drug-likeness (QED) is 0.802. The Labute approximate surface area is 137 Å². The van der Waals surface area contributed by atoms with Gasteiger partial charge in [0.25, 0.3) is 0 Å². The molecular weight excluding hydrogens is 357 g/mol.